The first-order valence-electron chi connectivity index (χ1n) is 5.80. The quantitative estimate of drug-likeness (QED) is 0.832. The minimum Gasteiger partial charge on any atom is -0.477 e. The van der Waals surface area contributed by atoms with Gasteiger partial charge >= 0.3 is 0 Å². The summed E-state index contributed by atoms with van der Waals surface area (Å²) in [5.41, 5.74) is 1.02. The van der Waals surface area contributed by atoms with E-state index < -0.39 is 0 Å². The molecule has 2 atom stereocenters. The Labute approximate surface area is 107 Å². The lowest BCUT2D eigenvalue weighted by Gasteiger charge is -2.20. The fourth-order valence-electron chi connectivity index (χ4n) is 2.08. The normalized spacial score (nSPS) is 20.9. The van der Waals surface area contributed by atoms with Crippen LogP contribution in [0.4, 0.5) is 0 Å². The number of nitrogens with one attached hydrogen (secondary N) is 1. The van der Waals surface area contributed by atoms with Crippen molar-refractivity contribution in [1.29, 1.82) is 0 Å². The summed E-state index contributed by atoms with van der Waals surface area (Å²) in [5, 5.41) is 4.02. The molecule has 1 N–H and O–H groups in total. The molecule has 1 fully saturated rings. The van der Waals surface area contributed by atoms with Crippen LogP contribution >= 0.6 is 11.6 Å². The topological polar surface area (TPSA) is 21.3 Å². The average Bonchev–Trinajstić information content (AvgIpc) is 2.81. The Hall–Kier alpha value is -1.17. The molecule has 0 spiro atoms. The third-order valence-electron chi connectivity index (χ3n) is 3.08. The molecule has 90 valence electrons. The Bertz CT molecular complexity index is 432. The summed E-state index contributed by atoms with van der Waals surface area (Å²) in [6.07, 6.45) is 6.46. The maximum absolute atomic E-state index is 5.91. The molecule has 1 heterocycles. The second-order valence-corrected chi connectivity index (χ2v) is 4.80. The van der Waals surface area contributed by atoms with Crippen LogP contribution in [0.3, 0.4) is 0 Å². The van der Waals surface area contributed by atoms with Gasteiger partial charge in [0.25, 0.3) is 0 Å². The van der Waals surface area contributed by atoms with Crippen molar-refractivity contribution in [2.75, 3.05) is 13.1 Å². The van der Waals surface area contributed by atoms with Gasteiger partial charge in [-0.1, -0.05) is 17.5 Å². The van der Waals surface area contributed by atoms with Gasteiger partial charge in [0, 0.05) is 17.5 Å². The molecule has 0 amide bonds. The Morgan fingerprint density at radius 2 is 2.41 bits per heavy atom. The van der Waals surface area contributed by atoms with Crippen molar-refractivity contribution in [2.45, 2.75) is 19.4 Å². The summed E-state index contributed by atoms with van der Waals surface area (Å²) in [4.78, 5) is 0. The lowest BCUT2D eigenvalue weighted by molar-refractivity contribution is 0.195. The Morgan fingerprint density at radius 1 is 1.59 bits per heavy atom. The second kappa shape index (κ2) is 5.44. The molecule has 1 aliphatic heterocycles. The van der Waals surface area contributed by atoms with Crippen molar-refractivity contribution >= 4 is 11.6 Å². The van der Waals surface area contributed by atoms with Crippen LogP contribution in [0, 0.1) is 25.2 Å². The zero-order valence-corrected chi connectivity index (χ0v) is 10.6. The highest BCUT2D eigenvalue weighted by Gasteiger charge is 2.25. The van der Waals surface area contributed by atoms with Gasteiger partial charge in [0.15, 0.2) is 6.10 Å². The molecule has 1 aromatic carbocycles. The van der Waals surface area contributed by atoms with Gasteiger partial charge in [0.1, 0.15) is 5.75 Å². The zero-order valence-electron chi connectivity index (χ0n) is 9.87. The van der Waals surface area contributed by atoms with Crippen LogP contribution in [-0.2, 0) is 0 Å². The largest absolute Gasteiger partial charge is 0.477 e. The first-order valence-corrected chi connectivity index (χ1v) is 6.18. The predicted molar refractivity (Wildman–Crippen MR) is 70.4 cm³/mol. The van der Waals surface area contributed by atoms with E-state index in [0.717, 1.165) is 35.8 Å². The zero-order chi connectivity index (χ0) is 12.3. The number of rotatable bonds is 3. The lowest BCUT2D eigenvalue weighted by atomic mass is 10.0. The third kappa shape index (κ3) is 2.94. The van der Waals surface area contributed by atoms with Crippen molar-refractivity contribution < 1.29 is 4.74 Å². The highest BCUT2D eigenvalue weighted by Crippen LogP contribution is 2.25. The SMILES string of the molecule is C#CC(Oc1ccc(Cl)cc1C)[C@H]1CCNC1. The van der Waals surface area contributed by atoms with E-state index in [1.54, 1.807) is 0 Å². The average molecular weight is 250 g/mol. The first kappa shape index (κ1) is 12.3. The van der Waals surface area contributed by atoms with Crippen molar-refractivity contribution in [2.24, 2.45) is 5.92 Å². The number of terminal acetylenes is 1. The molecule has 2 nitrogen and oxygen atoms in total. The fraction of sp³-hybridized carbons (Fsp3) is 0.429. The summed E-state index contributed by atoms with van der Waals surface area (Å²) < 4.78 is 5.90. The molecule has 0 aliphatic carbocycles. The summed E-state index contributed by atoms with van der Waals surface area (Å²) in [6.45, 7) is 3.93. The molecule has 0 saturated carbocycles. The van der Waals surface area contributed by atoms with Crippen molar-refractivity contribution in [3.63, 3.8) is 0 Å². The van der Waals surface area contributed by atoms with Gasteiger partial charge in [-0.25, -0.2) is 0 Å². The highest BCUT2D eigenvalue weighted by molar-refractivity contribution is 6.30. The summed E-state index contributed by atoms with van der Waals surface area (Å²) in [5.74, 6) is 3.96. The minimum absolute atomic E-state index is 0.162. The third-order valence-corrected chi connectivity index (χ3v) is 3.32. The molecule has 2 rings (SSSR count). The van der Waals surface area contributed by atoms with Gasteiger partial charge in [-0.15, -0.1) is 6.42 Å². The van der Waals surface area contributed by atoms with Gasteiger partial charge in [0.2, 0.25) is 0 Å². The molecule has 1 unspecified atom stereocenters. The molecule has 1 saturated heterocycles. The van der Waals surface area contributed by atoms with E-state index in [-0.39, 0.29) is 6.10 Å². The second-order valence-electron chi connectivity index (χ2n) is 4.37. The molecule has 0 radical (unpaired) electrons. The molecule has 0 bridgehead atoms. The van der Waals surface area contributed by atoms with Crippen LogP contribution in [0.2, 0.25) is 5.02 Å². The van der Waals surface area contributed by atoms with E-state index in [1.807, 2.05) is 25.1 Å². The van der Waals surface area contributed by atoms with Gasteiger partial charge in [-0.05, 0) is 43.7 Å². The Balaban J connectivity index is 2.10. The van der Waals surface area contributed by atoms with E-state index >= 15 is 0 Å². The predicted octanol–water partition coefficient (Wildman–Crippen LogP) is 2.64. The molecule has 17 heavy (non-hydrogen) atoms. The number of aryl methyl sites for hydroxylation is 1. The lowest BCUT2D eigenvalue weighted by Crippen LogP contribution is -2.27. The number of hydrogen-bond donors (Lipinski definition) is 1. The van der Waals surface area contributed by atoms with Gasteiger partial charge in [-0.3, -0.25) is 0 Å². The van der Waals surface area contributed by atoms with Gasteiger partial charge < -0.3 is 10.1 Å². The summed E-state index contributed by atoms with van der Waals surface area (Å²) >= 11 is 5.91. The molecular weight excluding hydrogens is 234 g/mol. The van der Waals surface area contributed by atoms with E-state index in [9.17, 15) is 0 Å². The van der Waals surface area contributed by atoms with Crippen LogP contribution in [0.15, 0.2) is 18.2 Å². The molecule has 1 aromatic rings. The van der Waals surface area contributed by atoms with Crippen LogP contribution in [0.25, 0.3) is 0 Å². The van der Waals surface area contributed by atoms with Crippen LogP contribution in [0.5, 0.6) is 5.75 Å². The smallest absolute Gasteiger partial charge is 0.162 e. The number of benzene rings is 1. The minimum atomic E-state index is -0.162. The molecular formula is C14H16ClNO. The molecule has 3 heteroatoms. The van der Waals surface area contributed by atoms with E-state index in [4.69, 9.17) is 22.8 Å². The summed E-state index contributed by atoms with van der Waals surface area (Å²) in [6, 6.07) is 5.59. The van der Waals surface area contributed by atoms with Crippen LogP contribution < -0.4 is 10.1 Å². The van der Waals surface area contributed by atoms with Crippen LogP contribution in [-0.4, -0.2) is 19.2 Å². The van der Waals surface area contributed by atoms with Crippen molar-refractivity contribution in [3.8, 4) is 18.1 Å². The van der Waals surface area contributed by atoms with Crippen molar-refractivity contribution in [3.05, 3.63) is 28.8 Å². The fourth-order valence-corrected chi connectivity index (χ4v) is 2.31. The highest BCUT2D eigenvalue weighted by atomic mass is 35.5. The van der Waals surface area contributed by atoms with E-state index in [2.05, 4.69) is 11.2 Å². The number of halogens is 1. The Morgan fingerprint density at radius 3 is 3.00 bits per heavy atom. The maximum Gasteiger partial charge on any atom is 0.162 e. The number of ether oxygens (including phenoxy) is 1. The summed E-state index contributed by atoms with van der Waals surface area (Å²) in [7, 11) is 0. The standard InChI is InChI=1S/C14H16ClNO/c1-3-13(11-6-7-16-9-11)17-14-5-4-12(15)8-10(14)2/h1,4-5,8,11,13,16H,6-7,9H2,2H3/t11-,13?/m0/s1. The molecule has 0 aromatic heterocycles. The monoisotopic (exact) mass is 249 g/mol. The number of hydrogen-bond acceptors (Lipinski definition) is 2. The van der Waals surface area contributed by atoms with Gasteiger partial charge in [-0.2, -0.15) is 0 Å². The van der Waals surface area contributed by atoms with E-state index in [0.29, 0.717) is 5.92 Å². The van der Waals surface area contributed by atoms with Crippen LogP contribution in [0.1, 0.15) is 12.0 Å². The first-order chi connectivity index (χ1) is 8.20. The van der Waals surface area contributed by atoms with E-state index in [1.165, 1.54) is 0 Å². The van der Waals surface area contributed by atoms with Crippen molar-refractivity contribution in [1.82, 2.24) is 5.32 Å². The maximum atomic E-state index is 5.91. The molecule has 1 aliphatic rings. The van der Waals surface area contributed by atoms with Gasteiger partial charge in [0.05, 0.1) is 0 Å². The Kier molecular flexibility index (Phi) is 3.93.